The standard InChI is InChI=1S/C24H25N3O4S/c1-29-20-13-17(14-21(15-20)30-2)3-8-23(28)25-19-6-4-18(5-7-19)22-16-32-24(26-22)27-9-11-31-12-10-27/h3-8,13-16H,9-12H2,1-2H3,(H,25,28)/b8-3+. The summed E-state index contributed by atoms with van der Waals surface area (Å²) in [5, 5.41) is 5.95. The lowest BCUT2D eigenvalue weighted by atomic mass is 10.1. The van der Waals surface area contributed by atoms with Gasteiger partial charge in [0.25, 0.3) is 0 Å². The number of aromatic nitrogens is 1. The number of thiazole rings is 1. The summed E-state index contributed by atoms with van der Waals surface area (Å²) in [6, 6.07) is 13.1. The minimum atomic E-state index is -0.220. The van der Waals surface area contributed by atoms with E-state index in [9.17, 15) is 4.79 Å². The largest absolute Gasteiger partial charge is 0.497 e. The van der Waals surface area contributed by atoms with Crippen molar-refractivity contribution in [2.75, 3.05) is 50.7 Å². The second-order valence-corrected chi connectivity index (χ2v) is 8.00. The van der Waals surface area contributed by atoms with Crippen LogP contribution in [0.4, 0.5) is 10.8 Å². The second-order valence-electron chi connectivity index (χ2n) is 7.16. The quantitative estimate of drug-likeness (QED) is 0.540. The molecule has 2 aromatic carbocycles. The highest BCUT2D eigenvalue weighted by molar-refractivity contribution is 7.14. The van der Waals surface area contributed by atoms with E-state index in [1.165, 1.54) is 6.08 Å². The van der Waals surface area contributed by atoms with Gasteiger partial charge in [0.15, 0.2) is 5.13 Å². The second kappa shape index (κ2) is 10.3. The fourth-order valence-corrected chi connectivity index (χ4v) is 4.19. The molecule has 166 valence electrons. The number of amides is 1. The van der Waals surface area contributed by atoms with Crippen LogP contribution in [-0.2, 0) is 9.53 Å². The molecule has 32 heavy (non-hydrogen) atoms. The molecule has 2 heterocycles. The molecule has 4 rings (SSSR count). The molecule has 0 spiro atoms. The van der Waals surface area contributed by atoms with Crippen LogP contribution >= 0.6 is 11.3 Å². The van der Waals surface area contributed by atoms with Gasteiger partial charge in [-0.1, -0.05) is 12.1 Å². The number of morpholine rings is 1. The molecule has 1 N–H and O–H groups in total. The van der Waals surface area contributed by atoms with E-state index in [2.05, 4.69) is 15.6 Å². The zero-order valence-electron chi connectivity index (χ0n) is 18.0. The van der Waals surface area contributed by atoms with Crippen LogP contribution in [0.15, 0.2) is 53.9 Å². The van der Waals surface area contributed by atoms with E-state index in [1.54, 1.807) is 37.7 Å². The summed E-state index contributed by atoms with van der Waals surface area (Å²) in [4.78, 5) is 19.3. The first-order valence-corrected chi connectivity index (χ1v) is 11.1. The minimum Gasteiger partial charge on any atom is -0.497 e. The van der Waals surface area contributed by atoms with E-state index in [0.717, 1.165) is 53.9 Å². The summed E-state index contributed by atoms with van der Waals surface area (Å²) in [7, 11) is 3.18. The number of rotatable bonds is 7. The summed E-state index contributed by atoms with van der Waals surface area (Å²) in [6.07, 6.45) is 3.20. The van der Waals surface area contributed by atoms with Gasteiger partial charge in [-0.25, -0.2) is 4.98 Å². The van der Waals surface area contributed by atoms with Crippen molar-refractivity contribution in [3.63, 3.8) is 0 Å². The Balaban J connectivity index is 1.38. The van der Waals surface area contributed by atoms with Gasteiger partial charge in [0.2, 0.25) is 5.91 Å². The van der Waals surface area contributed by atoms with Crippen LogP contribution in [0.1, 0.15) is 5.56 Å². The van der Waals surface area contributed by atoms with Crippen molar-refractivity contribution in [2.24, 2.45) is 0 Å². The zero-order chi connectivity index (χ0) is 22.3. The number of benzene rings is 2. The lowest BCUT2D eigenvalue weighted by Crippen LogP contribution is -2.36. The Morgan fingerprint density at radius 1 is 1.09 bits per heavy atom. The van der Waals surface area contributed by atoms with E-state index in [1.807, 2.05) is 36.4 Å². The average molecular weight is 452 g/mol. The van der Waals surface area contributed by atoms with Gasteiger partial charge in [0.1, 0.15) is 11.5 Å². The van der Waals surface area contributed by atoms with Gasteiger partial charge in [0, 0.05) is 41.9 Å². The van der Waals surface area contributed by atoms with Crippen molar-refractivity contribution in [1.29, 1.82) is 0 Å². The summed E-state index contributed by atoms with van der Waals surface area (Å²) >= 11 is 1.64. The maximum atomic E-state index is 12.3. The van der Waals surface area contributed by atoms with Crippen molar-refractivity contribution < 1.29 is 19.0 Å². The molecule has 0 atom stereocenters. The predicted molar refractivity (Wildman–Crippen MR) is 128 cm³/mol. The van der Waals surface area contributed by atoms with Crippen LogP contribution in [0.2, 0.25) is 0 Å². The van der Waals surface area contributed by atoms with Crippen LogP contribution in [0.25, 0.3) is 17.3 Å². The molecule has 7 nitrogen and oxygen atoms in total. The third-order valence-electron chi connectivity index (χ3n) is 5.02. The molecular weight excluding hydrogens is 426 g/mol. The molecular formula is C24H25N3O4S. The molecule has 1 amide bonds. The minimum absolute atomic E-state index is 0.220. The lowest BCUT2D eigenvalue weighted by Gasteiger charge is -2.26. The molecule has 1 aliphatic rings. The van der Waals surface area contributed by atoms with Crippen LogP contribution < -0.4 is 19.7 Å². The van der Waals surface area contributed by atoms with Gasteiger partial charge in [-0.2, -0.15) is 0 Å². The molecule has 0 unspecified atom stereocenters. The van der Waals surface area contributed by atoms with Crippen LogP contribution in [-0.4, -0.2) is 51.4 Å². The predicted octanol–water partition coefficient (Wildman–Crippen LogP) is 4.32. The fourth-order valence-electron chi connectivity index (χ4n) is 3.30. The van der Waals surface area contributed by atoms with Gasteiger partial charge < -0.3 is 24.4 Å². The zero-order valence-corrected chi connectivity index (χ0v) is 18.9. The molecule has 0 aliphatic carbocycles. The molecule has 3 aromatic rings. The van der Waals surface area contributed by atoms with Crippen molar-refractivity contribution in [2.45, 2.75) is 0 Å². The molecule has 0 bridgehead atoms. The molecule has 1 aromatic heterocycles. The molecule has 1 saturated heterocycles. The van der Waals surface area contributed by atoms with Gasteiger partial charge in [0.05, 0.1) is 33.1 Å². The topological polar surface area (TPSA) is 72.9 Å². The maximum Gasteiger partial charge on any atom is 0.248 e. The Bertz CT molecular complexity index is 1070. The fraction of sp³-hybridized carbons (Fsp3) is 0.250. The maximum absolute atomic E-state index is 12.3. The lowest BCUT2D eigenvalue weighted by molar-refractivity contribution is -0.111. The summed E-state index contributed by atoms with van der Waals surface area (Å²) in [5.74, 6) is 1.11. The van der Waals surface area contributed by atoms with Gasteiger partial charge >= 0.3 is 0 Å². The van der Waals surface area contributed by atoms with E-state index in [0.29, 0.717) is 11.5 Å². The van der Waals surface area contributed by atoms with Crippen molar-refractivity contribution in [3.05, 3.63) is 59.5 Å². The number of hydrogen-bond donors (Lipinski definition) is 1. The number of methoxy groups -OCH3 is 2. The number of carbonyl (C=O) groups is 1. The highest BCUT2D eigenvalue weighted by atomic mass is 32.1. The summed E-state index contributed by atoms with van der Waals surface area (Å²) < 4.78 is 15.9. The van der Waals surface area contributed by atoms with E-state index < -0.39 is 0 Å². The highest BCUT2D eigenvalue weighted by Crippen LogP contribution is 2.29. The Kier molecular flexibility index (Phi) is 7.03. The van der Waals surface area contributed by atoms with Gasteiger partial charge in [-0.15, -0.1) is 11.3 Å². The van der Waals surface area contributed by atoms with Gasteiger partial charge in [-0.05, 0) is 35.9 Å². The number of hydrogen-bond acceptors (Lipinski definition) is 7. The summed E-state index contributed by atoms with van der Waals surface area (Å²) in [5.41, 5.74) is 3.47. The third kappa shape index (κ3) is 5.46. The smallest absolute Gasteiger partial charge is 0.248 e. The Morgan fingerprint density at radius 2 is 1.78 bits per heavy atom. The van der Waals surface area contributed by atoms with Crippen molar-refractivity contribution >= 4 is 34.1 Å². The SMILES string of the molecule is COc1cc(/C=C/C(=O)Nc2ccc(-c3csc(N4CCOCC4)n3)cc2)cc(OC)c1. The summed E-state index contributed by atoms with van der Waals surface area (Å²) in [6.45, 7) is 3.22. The van der Waals surface area contributed by atoms with E-state index in [-0.39, 0.29) is 5.91 Å². The number of nitrogens with zero attached hydrogens (tertiary/aromatic N) is 2. The molecule has 8 heteroatoms. The normalized spacial score (nSPS) is 13.9. The molecule has 0 saturated carbocycles. The van der Waals surface area contributed by atoms with E-state index >= 15 is 0 Å². The number of ether oxygens (including phenoxy) is 3. The van der Waals surface area contributed by atoms with E-state index in [4.69, 9.17) is 19.2 Å². The first-order chi connectivity index (χ1) is 15.6. The van der Waals surface area contributed by atoms with Crippen LogP contribution in [0, 0.1) is 0 Å². The average Bonchev–Trinajstić information content (AvgIpc) is 3.34. The third-order valence-corrected chi connectivity index (χ3v) is 5.92. The Morgan fingerprint density at radius 3 is 2.44 bits per heavy atom. The van der Waals surface area contributed by atoms with Crippen LogP contribution in [0.5, 0.6) is 11.5 Å². The molecule has 1 fully saturated rings. The monoisotopic (exact) mass is 451 g/mol. The number of nitrogens with one attached hydrogen (secondary N) is 1. The Labute approximate surface area is 191 Å². The van der Waals surface area contributed by atoms with Crippen molar-refractivity contribution in [1.82, 2.24) is 4.98 Å². The first kappa shape index (κ1) is 21.9. The highest BCUT2D eigenvalue weighted by Gasteiger charge is 2.15. The molecule has 1 aliphatic heterocycles. The number of anilines is 2. The molecule has 0 radical (unpaired) electrons. The van der Waals surface area contributed by atoms with Gasteiger partial charge in [-0.3, -0.25) is 4.79 Å². The number of carbonyl (C=O) groups excluding carboxylic acids is 1. The first-order valence-electron chi connectivity index (χ1n) is 10.3. The van der Waals surface area contributed by atoms with Crippen LogP contribution in [0.3, 0.4) is 0 Å². The van der Waals surface area contributed by atoms with Crippen molar-refractivity contribution in [3.8, 4) is 22.8 Å². The Hall–Kier alpha value is -3.36.